The first-order chi connectivity index (χ1) is 7.74. The fourth-order valence-corrected chi connectivity index (χ4v) is 5.03. The topological polar surface area (TPSA) is 40.5 Å². The van der Waals surface area contributed by atoms with E-state index in [1.807, 2.05) is 6.92 Å². The van der Waals surface area contributed by atoms with E-state index in [2.05, 4.69) is 20.8 Å². The molecule has 4 atom stereocenters. The maximum Gasteiger partial charge on any atom is 0.0675 e. The van der Waals surface area contributed by atoms with Crippen LogP contribution in [0, 0.1) is 22.7 Å². The Morgan fingerprint density at radius 2 is 1.71 bits per heavy atom. The maximum atomic E-state index is 10.5. The molecule has 2 aliphatic rings. The lowest BCUT2D eigenvalue weighted by Crippen LogP contribution is -2.58. The average Bonchev–Trinajstić information content (AvgIpc) is 2.14. The summed E-state index contributed by atoms with van der Waals surface area (Å²) >= 11 is 0. The lowest BCUT2D eigenvalue weighted by atomic mass is 9.46. The number of fused-ring (bicyclic) bond motifs is 1. The fraction of sp³-hybridized carbons (Fsp3) is 1.00. The molecule has 2 rings (SSSR count). The van der Waals surface area contributed by atoms with Gasteiger partial charge in [0.05, 0.1) is 5.60 Å². The van der Waals surface area contributed by atoms with Gasteiger partial charge in [-0.15, -0.1) is 0 Å². The van der Waals surface area contributed by atoms with Crippen LogP contribution in [-0.4, -0.2) is 22.4 Å². The Kier molecular flexibility index (Phi) is 3.11. The Labute approximate surface area is 105 Å². The van der Waals surface area contributed by atoms with Gasteiger partial charge in [0, 0.05) is 12.5 Å². The third-order valence-electron chi connectivity index (χ3n) is 5.94. The second-order valence-electron chi connectivity index (χ2n) is 7.53. The summed E-state index contributed by atoms with van der Waals surface area (Å²) in [4.78, 5) is 0. The molecule has 2 saturated carbocycles. The molecule has 0 aliphatic heterocycles. The number of aliphatic hydroxyl groups excluding tert-OH is 1. The molecule has 2 nitrogen and oxygen atoms in total. The molecule has 0 amide bonds. The van der Waals surface area contributed by atoms with Crippen LogP contribution in [0.5, 0.6) is 0 Å². The molecule has 2 aliphatic carbocycles. The average molecular weight is 240 g/mol. The SMILES string of the molecule is CC1(C)CCC[C@@]2(C)C1CC[C@@](C)(O)[C@@H]2CO. The molecule has 0 bridgehead atoms. The molecule has 0 aromatic rings. The lowest BCUT2D eigenvalue weighted by Gasteiger charge is -2.60. The minimum atomic E-state index is -0.687. The summed E-state index contributed by atoms with van der Waals surface area (Å²) in [5.74, 6) is 0.675. The quantitative estimate of drug-likeness (QED) is 0.740. The molecule has 2 fully saturated rings. The van der Waals surface area contributed by atoms with E-state index in [4.69, 9.17) is 0 Å². The van der Waals surface area contributed by atoms with Crippen LogP contribution in [0.1, 0.15) is 59.8 Å². The number of rotatable bonds is 1. The van der Waals surface area contributed by atoms with Crippen LogP contribution < -0.4 is 0 Å². The highest BCUT2D eigenvalue weighted by molar-refractivity contribution is 5.07. The van der Waals surface area contributed by atoms with Crippen molar-refractivity contribution in [3.8, 4) is 0 Å². The molecular formula is C15H28O2. The summed E-state index contributed by atoms with van der Waals surface area (Å²) in [6.07, 6.45) is 5.61. The normalized spacial score (nSPS) is 49.8. The van der Waals surface area contributed by atoms with Crippen LogP contribution in [0.25, 0.3) is 0 Å². The molecule has 1 unspecified atom stereocenters. The summed E-state index contributed by atoms with van der Waals surface area (Å²) in [7, 11) is 0. The Hall–Kier alpha value is -0.0800. The van der Waals surface area contributed by atoms with Crippen LogP contribution in [0.3, 0.4) is 0 Å². The van der Waals surface area contributed by atoms with Gasteiger partial charge >= 0.3 is 0 Å². The third-order valence-corrected chi connectivity index (χ3v) is 5.94. The van der Waals surface area contributed by atoms with E-state index in [0.29, 0.717) is 11.3 Å². The second kappa shape index (κ2) is 3.96. The molecular weight excluding hydrogens is 212 g/mol. The van der Waals surface area contributed by atoms with Crippen molar-refractivity contribution >= 4 is 0 Å². The zero-order valence-corrected chi connectivity index (χ0v) is 11.8. The first-order valence-electron chi connectivity index (χ1n) is 7.07. The number of hydrogen-bond acceptors (Lipinski definition) is 2. The van der Waals surface area contributed by atoms with Crippen LogP contribution in [0.4, 0.5) is 0 Å². The van der Waals surface area contributed by atoms with Crippen molar-refractivity contribution in [3.05, 3.63) is 0 Å². The highest BCUT2D eigenvalue weighted by atomic mass is 16.3. The van der Waals surface area contributed by atoms with E-state index in [0.717, 1.165) is 19.3 Å². The highest BCUT2D eigenvalue weighted by Crippen LogP contribution is 2.61. The number of aliphatic hydroxyl groups is 2. The van der Waals surface area contributed by atoms with Crippen molar-refractivity contribution in [1.29, 1.82) is 0 Å². The van der Waals surface area contributed by atoms with Crippen LogP contribution >= 0.6 is 0 Å². The zero-order valence-electron chi connectivity index (χ0n) is 11.8. The van der Waals surface area contributed by atoms with Gasteiger partial charge in [-0.25, -0.2) is 0 Å². The minimum Gasteiger partial charge on any atom is -0.396 e. The van der Waals surface area contributed by atoms with Gasteiger partial charge in [-0.2, -0.15) is 0 Å². The highest BCUT2D eigenvalue weighted by Gasteiger charge is 2.57. The minimum absolute atomic E-state index is 0.0355. The Morgan fingerprint density at radius 1 is 1.06 bits per heavy atom. The molecule has 0 spiro atoms. The van der Waals surface area contributed by atoms with Gasteiger partial charge in [0.1, 0.15) is 0 Å². The van der Waals surface area contributed by atoms with Gasteiger partial charge in [0.25, 0.3) is 0 Å². The van der Waals surface area contributed by atoms with E-state index in [-0.39, 0.29) is 17.9 Å². The third kappa shape index (κ3) is 1.94. The molecule has 100 valence electrons. The maximum absolute atomic E-state index is 10.5. The van der Waals surface area contributed by atoms with E-state index in [1.165, 1.54) is 12.8 Å². The molecule has 0 saturated heterocycles. The van der Waals surface area contributed by atoms with Gasteiger partial charge in [0.15, 0.2) is 0 Å². The monoisotopic (exact) mass is 240 g/mol. The van der Waals surface area contributed by atoms with Gasteiger partial charge in [-0.3, -0.25) is 0 Å². The van der Waals surface area contributed by atoms with Crippen LogP contribution in [0.15, 0.2) is 0 Å². The molecule has 0 radical (unpaired) electrons. The lowest BCUT2D eigenvalue weighted by molar-refractivity contribution is -0.178. The molecule has 0 aromatic carbocycles. The Bertz CT molecular complexity index is 283. The van der Waals surface area contributed by atoms with E-state index < -0.39 is 5.60 Å². The second-order valence-corrected chi connectivity index (χ2v) is 7.53. The summed E-state index contributed by atoms with van der Waals surface area (Å²) < 4.78 is 0. The van der Waals surface area contributed by atoms with Gasteiger partial charge in [-0.05, 0) is 49.4 Å². The smallest absolute Gasteiger partial charge is 0.0675 e. The van der Waals surface area contributed by atoms with Crippen molar-refractivity contribution in [2.75, 3.05) is 6.61 Å². The van der Waals surface area contributed by atoms with Crippen molar-refractivity contribution < 1.29 is 10.2 Å². The molecule has 2 heteroatoms. The van der Waals surface area contributed by atoms with E-state index in [1.54, 1.807) is 0 Å². The largest absolute Gasteiger partial charge is 0.396 e. The van der Waals surface area contributed by atoms with E-state index in [9.17, 15) is 10.2 Å². The predicted molar refractivity (Wildman–Crippen MR) is 69.7 cm³/mol. The van der Waals surface area contributed by atoms with Crippen LogP contribution in [0.2, 0.25) is 0 Å². The summed E-state index contributed by atoms with van der Waals surface area (Å²) in [6.45, 7) is 9.06. The van der Waals surface area contributed by atoms with Crippen LogP contribution in [-0.2, 0) is 0 Å². The standard InChI is InChI=1S/C15H28O2/c1-13(2)7-5-8-14(3)11(13)6-9-15(4,17)12(14)10-16/h11-12,16-17H,5-10H2,1-4H3/t11?,12-,14+,15-/m1/s1. The summed E-state index contributed by atoms with van der Waals surface area (Å²) in [6, 6.07) is 0. The van der Waals surface area contributed by atoms with Crippen molar-refractivity contribution in [3.63, 3.8) is 0 Å². The van der Waals surface area contributed by atoms with Crippen molar-refractivity contribution in [2.45, 2.75) is 65.4 Å². The first-order valence-corrected chi connectivity index (χ1v) is 7.07. The summed E-state index contributed by atoms with van der Waals surface area (Å²) in [5, 5.41) is 20.3. The first kappa shape index (κ1) is 13.4. The molecule has 0 aromatic heterocycles. The zero-order chi connectivity index (χ0) is 12.9. The molecule has 2 N–H and O–H groups in total. The summed E-state index contributed by atoms with van der Waals surface area (Å²) in [5.41, 5.74) is -0.220. The van der Waals surface area contributed by atoms with Gasteiger partial charge < -0.3 is 10.2 Å². The molecule has 0 heterocycles. The predicted octanol–water partition coefficient (Wildman–Crippen LogP) is 2.97. The Morgan fingerprint density at radius 3 is 2.29 bits per heavy atom. The molecule has 17 heavy (non-hydrogen) atoms. The van der Waals surface area contributed by atoms with E-state index >= 15 is 0 Å². The van der Waals surface area contributed by atoms with Gasteiger partial charge in [0.2, 0.25) is 0 Å². The van der Waals surface area contributed by atoms with Gasteiger partial charge in [-0.1, -0.05) is 27.2 Å². The Balaban J connectivity index is 2.37. The van der Waals surface area contributed by atoms with Crippen molar-refractivity contribution in [1.82, 2.24) is 0 Å². The fourth-order valence-electron chi connectivity index (χ4n) is 5.03. The van der Waals surface area contributed by atoms with Crippen molar-refractivity contribution in [2.24, 2.45) is 22.7 Å². The number of hydrogen-bond donors (Lipinski definition) is 2.